The second-order valence-corrected chi connectivity index (χ2v) is 5.75. The summed E-state index contributed by atoms with van der Waals surface area (Å²) in [6.45, 7) is 1.66. The number of hydrogen-bond donors (Lipinski definition) is 2. The minimum atomic E-state index is -0.992. The molecule has 2 fully saturated rings. The SMILES string of the molecule is C[C@@]1(/C=C/CO)S[C@@H]2CC(=O)N2[C@H]1C(=O)O. The van der Waals surface area contributed by atoms with Gasteiger partial charge in [-0.15, -0.1) is 11.8 Å². The van der Waals surface area contributed by atoms with Crippen molar-refractivity contribution >= 4 is 23.6 Å². The average Bonchev–Trinajstić information content (AvgIpc) is 2.45. The molecule has 0 aromatic heterocycles. The lowest BCUT2D eigenvalue weighted by atomic mass is 9.96. The standard InChI is InChI=1S/C10H13NO4S/c1-10(3-2-4-12)8(9(14)15)11-6(13)5-7(11)16-10/h2-3,7-8,12H,4-5H2,1H3,(H,14,15)/b3-2+/t7-,8+,10+/m1/s1. The number of fused-ring (bicyclic) bond motifs is 1. The van der Waals surface area contributed by atoms with Crippen LogP contribution in [0.15, 0.2) is 12.2 Å². The van der Waals surface area contributed by atoms with Crippen LogP contribution < -0.4 is 0 Å². The van der Waals surface area contributed by atoms with E-state index in [1.54, 1.807) is 13.0 Å². The van der Waals surface area contributed by atoms with Gasteiger partial charge in [-0.2, -0.15) is 0 Å². The summed E-state index contributed by atoms with van der Waals surface area (Å²) in [6, 6.07) is -0.827. The lowest BCUT2D eigenvalue weighted by molar-refractivity contribution is -0.156. The fourth-order valence-electron chi connectivity index (χ4n) is 2.23. The Morgan fingerprint density at radius 3 is 2.94 bits per heavy atom. The van der Waals surface area contributed by atoms with Gasteiger partial charge in [-0.1, -0.05) is 12.2 Å². The van der Waals surface area contributed by atoms with Crippen molar-refractivity contribution in [3.8, 4) is 0 Å². The Hall–Kier alpha value is -1.01. The summed E-state index contributed by atoms with van der Waals surface area (Å²) in [5.74, 6) is -1.10. The summed E-state index contributed by atoms with van der Waals surface area (Å²) in [5.41, 5.74) is 0. The van der Waals surface area contributed by atoms with Crippen LogP contribution in [0.3, 0.4) is 0 Å². The van der Waals surface area contributed by atoms with E-state index in [4.69, 9.17) is 5.11 Å². The maximum absolute atomic E-state index is 11.4. The van der Waals surface area contributed by atoms with Gasteiger partial charge in [0.2, 0.25) is 5.91 Å². The molecule has 2 aliphatic rings. The quantitative estimate of drug-likeness (QED) is 0.541. The molecule has 0 unspecified atom stereocenters. The van der Waals surface area contributed by atoms with Crippen LogP contribution in [0.1, 0.15) is 13.3 Å². The minimum absolute atomic E-state index is 0.0260. The Morgan fingerprint density at radius 2 is 2.44 bits per heavy atom. The molecule has 6 heteroatoms. The van der Waals surface area contributed by atoms with E-state index in [9.17, 15) is 14.7 Å². The first-order valence-corrected chi connectivity index (χ1v) is 5.88. The van der Waals surface area contributed by atoms with Gasteiger partial charge < -0.3 is 15.1 Å². The number of carbonyl (C=O) groups is 2. The highest BCUT2D eigenvalue weighted by atomic mass is 32.2. The van der Waals surface area contributed by atoms with Crippen molar-refractivity contribution < 1.29 is 19.8 Å². The van der Waals surface area contributed by atoms with E-state index in [1.807, 2.05) is 0 Å². The number of carboxylic acids is 1. The van der Waals surface area contributed by atoms with Crippen molar-refractivity contribution in [2.45, 2.75) is 29.5 Å². The van der Waals surface area contributed by atoms with Gasteiger partial charge in [-0.05, 0) is 6.92 Å². The maximum atomic E-state index is 11.4. The van der Waals surface area contributed by atoms with Gasteiger partial charge in [-0.25, -0.2) is 4.79 Å². The molecule has 0 aromatic carbocycles. The summed E-state index contributed by atoms with van der Waals surface area (Å²) in [4.78, 5) is 24.0. The number of aliphatic hydroxyl groups excluding tert-OH is 1. The Morgan fingerprint density at radius 1 is 1.75 bits per heavy atom. The number of rotatable bonds is 3. The number of β-lactam (4-membered cyclic amide) rings is 1. The van der Waals surface area contributed by atoms with Crippen LogP contribution in [0, 0.1) is 0 Å². The minimum Gasteiger partial charge on any atom is -0.480 e. The number of aliphatic hydroxyl groups is 1. The predicted octanol–water partition coefficient (Wildman–Crippen LogP) is 0.0520. The normalized spacial score (nSPS) is 37.6. The first-order valence-electron chi connectivity index (χ1n) is 5.00. The lowest BCUT2D eigenvalue weighted by Gasteiger charge is -2.36. The van der Waals surface area contributed by atoms with Gasteiger partial charge in [0.05, 0.1) is 23.1 Å². The molecule has 0 bridgehead atoms. The molecule has 0 aliphatic carbocycles. The molecule has 2 N–H and O–H groups in total. The third-order valence-corrected chi connectivity index (χ3v) is 4.48. The molecule has 88 valence electrons. The van der Waals surface area contributed by atoms with E-state index in [-0.39, 0.29) is 17.9 Å². The highest BCUT2D eigenvalue weighted by molar-refractivity contribution is 8.01. The molecule has 5 nitrogen and oxygen atoms in total. The van der Waals surface area contributed by atoms with Crippen molar-refractivity contribution in [1.82, 2.24) is 4.90 Å². The summed E-state index contributed by atoms with van der Waals surface area (Å²) in [7, 11) is 0. The molecule has 0 spiro atoms. The van der Waals surface area contributed by atoms with Crippen LogP contribution in [0.4, 0.5) is 0 Å². The second-order valence-electron chi connectivity index (χ2n) is 4.09. The molecule has 16 heavy (non-hydrogen) atoms. The Balaban J connectivity index is 2.29. The fraction of sp³-hybridized carbons (Fsp3) is 0.600. The van der Waals surface area contributed by atoms with Crippen LogP contribution >= 0.6 is 11.8 Å². The Labute approximate surface area is 97.1 Å². The summed E-state index contributed by atoms with van der Waals surface area (Å²) in [6.07, 6.45) is 3.62. The molecule has 1 amide bonds. The molecule has 2 aliphatic heterocycles. The van der Waals surface area contributed by atoms with E-state index >= 15 is 0 Å². The molecular formula is C10H13NO4S. The van der Waals surface area contributed by atoms with Gasteiger partial charge in [0, 0.05) is 0 Å². The zero-order chi connectivity index (χ0) is 11.9. The van der Waals surface area contributed by atoms with Gasteiger partial charge in [0.15, 0.2) is 0 Å². The van der Waals surface area contributed by atoms with E-state index in [2.05, 4.69) is 0 Å². The molecule has 0 aromatic rings. The first-order chi connectivity index (χ1) is 7.49. The molecule has 0 radical (unpaired) electrons. The zero-order valence-corrected chi connectivity index (χ0v) is 9.61. The number of amides is 1. The van der Waals surface area contributed by atoms with Gasteiger partial charge in [0.25, 0.3) is 0 Å². The van der Waals surface area contributed by atoms with Crippen LogP contribution in [-0.2, 0) is 9.59 Å². The highest BCUT2D eigenvalue weighted by Gasteiger charge is 2.59. The zero-order valence-electron chi connectivity index (χ0n) is 8.79. The van der Waals surface area contributed by atoms with Crippen LogP contribution in [0.2, 0.25) is 0 Å². The van der Waals surface area contributed by atoms with Crippen LogP contribution in [-0.4, -0.2) is 49.8 Å². The number of nitrogens with zero attached hydrogens (tertiary/aromatic N) is 1. The van der Waals surface area contributed by atoms with E-state index in [1.165, 1.54) is 22.7 Å². The lowest BCUT2D eigenvalue weighted by Crippen LogP contribution is -2.57. The molecule has 3 atom stereocenters. The number of hydrogen-bond acceptors (Lipinski definition) is 4. The average molecular weight is 243 g/mol. The van der Waals surface area contributed by atoms with Crippen molar-refractivity contribution in [3.63, 3.8) is 0 Å². The van der Waals surface area contributed by atoms with E-state index < -0.39 is 16.8 Å². The topological polar surface area (TPSA) is 77.8 Å². The van der Waals surface area contributed by atoms with Crippen molar-refractivity contribution in [2.24, 2.45) is 0 Å². The van der Waals surface area contributed by atoms with Crippen molar-refractivity contribution in [3.05, 3.63) is 12.2 Å². The smallest absolute Gasteiger partial charge is 0.328 e. The summed E-state index contributed by atoms with van der Waals surface area (Å²) >= 11 is 1.47. The van der Waals surface area contributed by atoms with Crippen molar-refractivity contribution in [2.75, 3.05) is 6.61 Å². The summed E-state index contributed by atoms with van der Waals surface area (Å²) < 4.78 is -0.647. The van der Waals surface area contributed by atoms with Crippen LogP contribution in [0.5, 0.6) is 0 Å². The van der Waals surface area contributed by atoms with E-state index in [0.717, 1.165) is 0 Å². The number of carbonyl (C=O) groups excluding carboxylic acids is 1. The number of thioether (sulfide) groups is 1. The molecule has 2 saturated heterocycles. The van der Waals surface area contributed by atoms with Crippen molar-refractivity contribution in [1.29, 1.82) is 0 Å². The molecule has 0 saturated carbocycles. The predicted molar refractivity (Wildman–Crippen MR) is 58.9 cm³/mol. The van der Waals surface area contributed by atoms with E-state index in [0.29, 0.717) is 6.42 Å². The third-order valence-electron chi connectivity index (χ3n) is 2.95. The number of carboxylic acid groups (broad SMARTS) is 1. The monoisotopic (exact) mass is 243 g/mol. The van der Waals surface area contributed by atoms with Gasteiger partial charge >= 0.3 is 5.97 Å². The maximum Gasteiger partial charge on any atom is 0.328 e. The van der Waals surface area contributed by atoms with Gasteiger partial charge in [-0.3, -0.25) is 4.79 Å². The third kappa shape index (κ3) is 1.53. The second kappa shape index (κ2) is 3.78. The Bertz CT molecular complexity index is 370. The number of aliphatic carboxylic acids is 1. The summed E-state index contributed by atoms with van der Waals surface area (Å²) in [5, 5.41) is 17.9. The molecule has 2 heterocycles. The Kier molecular flexibility index (Phi) is 2.71. The molecule has 2 rings (SSSR count). The first kappa shape index (κ1) is 11.5. The highest BCUT2D eigenvalue weighted by Crippen LogP contribution is 2.51. The largest absolute Gasteiger partial charge is 0.480 e. The molecular weight excluding hydrogens is 230 g/mol. The van der Waals surface area contributed by atoms with Gasteiger partial charge in [0.1, 0.15) is 6.04 Å². The van der Waals surface area contributed by atoms with Crippen LogP contribution in [0.25, 0.3) is 0 Å². The fourth-order valence-corrected chi connectivity index (χ4v) is 3.91.